The first-order chi connectivity index (χ1) is 6.72. The van der Waals surface area contributed by atoms with E-state index in [2.05, 4.69) is 19.7 Å². The van der Waals surface area contributed by atoms with Crippen LogP contribution in [0, 0.1) is 0 Å². The van der Waals surface area contributed by atoms with Crippen LogP contribution in [-0.2, 0) is 14.3 Å². The van der Waals surface area contributed by atoms with E-state index in [9.17, 15) is 0 Å². The lowest BCUT2D eigenvalue weighted by molar-refractivity contribution is -0.123. The molecule has 0 spiro atoms. The molecule has 0 saturated carbocycles. The van der Waals surface area contributed by atoms with Crippen LogP contribution in [-0.4, -0.2) is 25.8 Å². The molecule has 0 rings (SSSR count). The molecule has 0 radical (unpaired) electrons. The van der Waals surface area contributed by atoms with Gasteiger partial charge >= 0.3 is 0 Å². The molecule has 0 aliphatic rings. The first-order valence-electron chi connectivity index (χ1n) is 4.52. The maximum atomic E-state index is 9.06. The van der Waals surface area contributed by atoms with Crippen LogP contribution in [0.4, 0.5) is 0 Å². The quantitative estimate of drug-likeness (QED) is 0.297. The first kappa shape index (κ1) is 18.8. The summed E-state index contributed by atoms with van der Waals surface area (Å²) in [4.78, 5) is 9.06. The fraction of sp³-hybridized carbons (Fsp3) is 0.545. The molecule has 84 valence electrons. The molecule has 0 N–H and O–H groups in total. The topological polar surface area (TPSA) is 35.5 Å². The van der Waals surface area contributed by atoms with Crippen LogP contribution in [0.3, 0.4) is 0 Å². The van der Waals surface area contributed by atoms with E-state index < -0.39 is 0 Å². The Labute approximate surface area is 87.4 Å². The summed E-state index contributed by atoms with van der Waals surface area (Å²) in [5, 5.41) is 0. The maximum Gasteiger partial charge on any atom is 0.154 e. The van der Waals surface area contributed by atoms with Gasteiger partial charge in [0.25, 0.3) is 0 Å². The lowest BCUT2D eigenvalue weighted by Crippen LogP contribution is -2.11. The predicted octanol–water partition coefficient (Wildman–Crippen LogP) is 2.58. The number of carbonyl (C=O) groups excluding carboxylic acids is 1. The zero-order chi connectivity index (χ0) is 11.8. The monoisotopic (exact) mass is 202 g/mol. The number of carbonyl (C=O) groups is 1. The van der Waals surface area contributed by atoms with Gasteiger partial charge in [-0.05, 0) is 26.8 Å². The molecule has 14 heavy (non-hydrogen) atoms. The number of aldehydes is 1. The molecule has 0 fully saturated rings. The normalized spacial score (nSPS) is 7.71. The van der Waals surface area contributed by atoms with Gasteiger partial charge in [-0.15, -0.1) is 13.2 Å². The fourth-order valence-corrected chi connectivity index (χ4v) is 0.518. The Kier molecular flexibility index (Phi) is 30.5. The van der Waals surface area contributed by atoms with E-state index in [1.165, 1.54) is 6.08 Å². The Morgan fingerprint density at radius 1 is 1.21 bits per heavy atom. The molecular formula is C11H22O3. The second-order valence-corrected chi connectivity index (χ2v) is 1.85. The van der Waals surface area contributed by atoms with Crippen LogP contribution < -0.4 is 0 Å². The minimum absolute atomic E-state index is 0.0370. The second-order valence-electron chi connectivity index (χ2n) is 1.85. The number of ether oxygens (including phenoxy) is 2. The molecule has 0 aromatic carbocycles. The van der Waals surface area contributed by atoms with Gasteiger partial charge in [0.1, 0.15) is 6.29 Å². The van der Waals surface area contributed by atoms with Crippen LogP contribution in [0.15, 0.2) is 25.8 Å². The van der Waals surface area contributed by atoms with Gasteiger partial charge in [-0.2, -0.15) is 0 Å². The molecule has 0 aliphatic heterocycles. The SMILES string of the molecule is C=C.C=CC=O.CCOC(C)OCC. The molecule has 3 nitrogen and oxygen atoms in total. The highest BCUT2D eigenvalue weighted by Gasteiger charge is 1.94. The zero-order valence-corrected chi connectivity index (χ0v) is 9.49. The van der Waals surface area contributed by atoms with Crippen molar-refractivity contribution in [2.75, 3.05) is 13.2 Å². The van der Waals surface area contributed by atoms with Crippen molar-refractivity contribution in [3.63, 3.8) is 0 Å². The Morgan fingerprint density at radius 2 is 1.50 bits per heavy atom. The maximum absolute atomic E-state index is 9.06. The van der Waals surface area contributed by atoms with Gasteiger partial charge in [-0.1, -0.05) is 6.58 Å². The summed E-state index contributed by atoms with van der Waals surface area (Å²) in [5.41, 5.74) is 0. The molecule has 0 aromatic rings. The van der Waals surface area contributed by atoms with E-state index >= 15 is 0 Å². The molecule has 0 bridgehead atoms. The molecular weight excluding hydrogens is 180 g/mol. The summed E-state index contributed by atoms with van der Waals surface area (Å²) in [7, 11) is 0. The smallest absolute Gasteiger partial charge is 0.154 e. The third-order valence-corrected chi connectivity index (χ3v) is 0.899. The van der Waals surface area contributed by atoms with Crippen molar-refractivity contribution in [1.82, 2.24) is 0 Å². The molecule has 0 unspecified atom stereocenters. The second kappa shape index (κ2) is 22.7. The largest absolute Gasteiger partial charge is 0.353 e. The molecule has 0 saturated heterocycles. The van der Waals surface area contributed by atoms with E-state index in [-0.39, 0.29) is 6.29 Å². The van der Waals surface area contributed by atoms with E-state index in [0.29, 0.717) is 6.29 Å². The fourth-order valence-electron chi connectivity index (χ4n) is 0.518. The highest BCUT2D eigenvalue weighted by atomic mass is 16.7. The highest BCUT2D eigenvalue weighted by Crippen LogP contribution is 1.90. The summed E-state index contributed by atoms with van der Waals surface area (Å²) < 4.78 is 10.1. The first-order valence-corrected chi connectivity index (χ1v) is 4.52. The van der Waals surface area contributed by atoms with Crippen LogP contribution >= 0.6 is 0 Å². The van der Waals surface area contributed by atoms with Gasteiger partial charge in [-0.3, -0.25) is 4.79 Å². The van der Waals surface area contributed by atoms with Crippen LogP contribution in [0.2, 0.25) is 0 Å². The average Bonchev–Trinajstić information content (AvgIpc) is 2.22. The van der Waals surface area contributed by atoms with Gasteiger partial charge in [0.05, 0.1) is 0 Å². The van der Waals surface area contributed by atoms with E-state index in [4.69, 9.17) is 14.3 Å². The average molecular weight is 202 g/mol. The Bertz CT molecular complexity index is 101. The van der Waals surface area contributed by atoms with Gasteiger partial charge in [0.15, 0.2) is 6.29 Å². The van der Waals surface area contributed by atoms with Crippen LogP contribution in [0.5, 0.6) is 0 Å². The Hall–Kier alpha value is -0.930. The molecule has 3 heteroatoms. The predicted molar refractivity (Wildman–Crippen MR) is 60.2 cm³/mol. The number of hydrogen-bond donors (Lipinski definition) is 0. The summed E-state index contributed by atoms with van der Waals surface area (Å²) in [6.45, 7) is 16.4. The number of hydrogen-bond acceptors (Lipinski definition) is 3. The molecule has 0 amide bonds. The van der Waals surface area contributed by atoms with Crippen molar-refractivity contribution >= 4 is 6.29 Å². The summed E-state index contributed by atoms with van der Waals surface area (Å²) >= 11 is 0. The van der Waals surface area contributed by atoms with Crippen molar-refractivity contribution in [3.8, 4) is 0 Å². The standard InChI is InChI=1S/C6H14O2.C3H4O.C2H4/c1-4-7-6(3)8-5-2;1-2-3-4;1-2/h6H,4-5H2,1-3H3;2-3H,1H2;1-2H2. The Morgan fingerprint density at radius 3 is 1.64 bits per heavy atom. The lowest BCUT2D eigenvalue weighted by Gasteiger charge is -2.09. The summed E-state index contributed by atoms with van der Waals surface area (Å²) in [6.07, 6.45) is 1.80. The Balaban J connectivity index is -0.000000170. The molecule has 0 aromatic heterocycles. The van der Waals surface area contributed by atoms with Crippen molar-refractivity contribution < 1.29 is 14.3 Å². The van der Waals surface area contributed by atoms with Crippen molar-refractivity contribution in [3.05, 3.63) is 25.8 Å². The summed E-state index contributed by atoms with van der Waals surface area (Å²) in [5.74, 6) is 0. The number of rotatable bonds is 5. The van der Waals surface area contributed by atoms with Gasteiger partial charge in [-0.25, -0.2) is 0 Å². The highest BCUT2D eigenvalue weighted by molar-refractivity contribution is 5.63. The van der Waals surface area contributed by atoms with Crippen molar-refractivity contribution in [2.24, 2.45) is 0 Å². The molecule has 0 atom stereocenters. The lowest BCUT2D eigenvalue weighted by atomic mass is 10.7. The van der Waals surface area contributed by atoms with E-state index in [1.54, 1.807) is 0 Å². The molecule has 0 heterocycles. The molecule has 0 aliphatic carbocycles. The number of allylic oxidation sites excluding steroid dienone is 1. The van der Waals surface area contributed by atoms with Crippen molar-refractivity contribution in [2.45, 2.75) is 27.1 Å². The van der Waals surface area contributed by atoms with Crippen molar-refractivity contribution in [1.29, 1.82) is 0 Å². The minimum Gasteiger partial charge on any atom is -0.353 e. The van der Waals surface area contributed by atoms with Gasteiger partial charge < -0.3 is 9.47 Å². The third kappa shape index (κ3) is 30.5. The van der Waals surface area contributed by atoms with Crippen LogP contribution in [0.1, 0.15) is 20.8 Å². The van der Waals surface area contributed by atoms with Gasteiger partial charge in [0.2, 0.25) is 0 Å². The van der Waals surface area contributed by atoms with Gasteiger partial charge in [0, 0.05) is 13.2 Å². The van der Waals surface area contributed by atoms with E-state index in [1.807, 2.05) is 20.8 Å². The van der Waals surface area contributed by atoms with Crippen LogP contribution in [0.25, 0.3) is 0 Å². The zero-order valence-electron chi connectivity index (χ0n) is 9.49. The third-order valence-electron chi connectivity index (χ3n) is 0.899. The summed E-state index contributed by atoms with van der Waals surface area (Å²) in [6, 6.07) is 0. The van der Waals surface area contributed by atoms with E-state index in [0.717, 1.165) is 13.2 Å². The minimum atomic E-state index is -0.0370.